The number of nitrogens with zero attached hydrogens (tertiary/aromatic N) is 1. The third-order valence-corrected chi connectivity index (χ3v) is 5.60. The van der Waals surface area contributed by atoms with E-state index < -0.39 is 10.0 Å². The molecule has 1 heterocycles. The van der Waals surface area contributed by atoms with Crippen molar-refractivity contribution in [2.75, 3.05) is 7.11 Å². The normalized spacial score (nSPS) is 11.1. The first-order chi connectivity index (χ1) is 14.0. The second-order valence-corrected chi connectivity index (χ2v) is 7.91. The van der Waals surface area contributed by atoms with Gasteiger partial charge in [0.2, 0.25) is 10.0 Å². The number of hydrogen-bond acceptors (Lipinski definition) is 5. The van der Waals surface area contributed by atoms with Gasteiger partial charge in [0, 0.05) is 18.3 Å². The summed E-state index contributed by atoms with van der Waals surface area (Å²) >= 11 is 0. The zero-order valence-electron chi connectivity index (χ0n) is 15.8. The van der Waals surface area contributed by atoms with Crippen molar-refractivity contribution in [3.8, 4) is 5.75 Å². The number of rotatable bonds is 8. The van der Waals surface area contributed by atoms with Crippen molar-refractivity contribution in [3.05, 3.63) is 89.7 Å². The lowest BCUT2D eigenvalue weighted by Crippen LogP contribution is -2.26. The summed E-state index contributed by atoms with van der Waals surface area (Å²) in [4.78, 5) is 16.5. The third-order valence-electron chi connectivity index (χ3n) is 4.18. The molecule has 0 radical (unpaired) electrons. The molecule has 0 aliphatic carbocycles. The van der Waals surface area contributed by atoms with E-state index in [0.717, 1.165) is 5.56 Å². The summed E-state index contributed by atoms with van der Waals surface area (Å²) in [7, 11) is -2.54. The van der Waals surface area contributed by atoms with Gasteiger partial charge in [-0.15, -0.1) is 0 Å². The Balaban J connectivity index is 1.77. The molecule has 0 aliphatic heterocycles. The number of sulfonamides is 1. The Labute approximate surface area is 169 Å². The highest BCUT2D eigenvalue weighted by molar-refractivity contribution is 7.89. The highest BCUT2D eigenvalue weighted by atomic mass is 32.2. The van der Waals surface area contributed by atoms with Gasteiger partial charge in [-0.05, 0) is 35.9 Å². The molecule has 0 unspecified atom stereocenters. The Kier molecular flexibility index (Phi) is 6.58. The van der Waals surface area contributed by atoms with Gasteiger partial charge in [0.25, 0.3) is 5.91 Å². The predicted octanol–water partition coefficient (Wildman–Crippen LogP) is 2.50. The molecule has 8 heteroatoms. The summed E-state index contributed by atoms with van der Waals surface area (Å²) in [6.45, 7) is 0.364. The lowest BCUT2D eigenvalue weighted by molar-refractivity contribution is 0.0950. The van der Waals surface area contributed by atoms with Gasteiger partial charge in [-0.1, -0.05) is 36.4 Å². The van der Waals surface area contributed by atoms with Crippen LogP contribution in [0.3, 0.4) is 0 Å². The molecule has 0 aliphatic rings. The fraction of sp³-hybridized carbons (Fsp3) is 0.143. The van der Waals surface area contributed by atoms with E-state index in [0.29, 0.717) is 12.2 Å². The van der Waals surface area contributed by atoms with Crippen LogP contribution >= 0.6 is 0 Å². The van der Waals surface area contributed by atoms with Gasteiger partial charge >= 0.3 is 0 Å². The van der Waals surface area contributed by atoms with Gasteiger partial charge in [-0.2, -0.15) is 0 Å². The van der Waals surface area contributed by atoms with Gasteiger partial charge in [-0.3, -0.25) is 9.78 Å². The average Bonchev–Trinajstić information content (AvgIpc) is 2.77. The Hall–Kier alpha value is -3.23. The quantitative estimate of drug-likeness (QED) is 0.594. The number of ether oxygens (including phenoxy) is 1. The second-order valence-electron chi connectivity index (χ2n) is 6.18. The Bertz CT molecular complexity index is 1070. The van der Waals surface area contributed by atoms with Crippen molar-refractivity contribution in [1.82, 2.24) is 15.0 Å². The molecule has 7 nitrogen and oxygen atoms in total. The maximum absolute atomic E-state index is 12.8. The van der Waals surface area contributed by atoms with Crippen LogP contribution in [0.25, 0.3) is 0 Å². The van der Waals surface area contributed by atoms with E-state index in [1.54, 1.807) is 24.4 Å². The van der Waals surface area contributed by atoms with E-state index in [9.17, 15) is 13.2 Å². The zero-order chi connectivity index (χ0) is 20.7. The van der Waals surface area contributed by atoms with Crippen LogP contribution in [0.5, 0.6) is 5.75 Å². The second kappa shape index (κ2) is 9.31. The molecule has 150 valence electrons. The van der Waals surface area contributed by atoms with Gasteiger partial charge in [-0.25, -0.2) is 13.1 Å². The SMILES string of the molecule is COc1ccc(C(=O)NCc2ccccc2)cc1S(=O)(=O)NCc1ccccn1. The van der Waals surface area contributed by atoms with Crippen molar-refractivity contribution in [1.29, 1.82) is 0 Å². The van der Waals surface area contributed by atoms with E-state index in [1.807, 2.05) is 30.3 Å². The van der Waals surface area contributed by atoms with Crippen LogP contribution in [0, 0.1) is 0 Å². The molecule has 3 rings (SSSR count). The summed E-state index contributed by atoms with van der Waals surface area (Å²) in [5, 5.41) is 2.78. The van der Waals surface area contributed by atoms with Crippen molar-refractivity contribution in [2.24, 2.45) is 0 Å². The highest BCUT2D eigenvalue weighted by Gasteiger charge is 2.21. The van der Waals surface area contributed by atoms with Crippen LogP contribution in [-0.2, 0) is 23.1 Å². The fourth-order valence-corrected chi connectivity index (χ4v) is 3.85. The molecular weight excluding hydrogens is 390 g/mol. The molecule has 2 N–H and O–H groups in total. The minimum Gasteiger partial charge on any atom is -0.495 e. The minimum atomic E-state index is -3.92. The maximum Gasteiger partial charge on any atom is 0.251 e. The number of hydrogen-bond donors (Lipinski definition) is 2. The standard InChI is InChI=1S/C21H21N3O4S/c1-28-19-11-10-17(21(25)23-14-16-7-3-2-4-8-16)13-20(19)29(26,27)24-15-18-9-5-6-12-22-18/h2-13,24H,14-15H2,1H3,(H,23,25). The van der Waals surface area contributed by atoms with Crippen LogP contribution in [-0.4, -0.2) is 26.4 Å². The van der Waals surface area contributed by atoms with Crippen molar-refractivity contribution in [2.45, 2.75) is 18.0 Å². The minimum absolute atomic E-state index is 0.0246. The molecule has 0 saturated heterocycles. The molecule has 0 saturated carbocycles. The number of pyridine rings is 1. The average molecular weight is 411 g/mol. The monoisotopic (exact) mass is 411 g/mol. The number of methoxy groups -OCH3 is 1. The van der Waals surface area contributed by atoms with Crippen LogP contribution in [0.1, 0.15) is 21.6 Å². The first-order valence-corrected chi connectivity index (χ1v) is 10.4. The third kappa shape index (κ3) is 5.40. The molecule has 1 amide bonds. The van der Waals surface area contributed by atoms with Crippen LogP contribution in [0.15, 0.2) is 77.8 Å². The van der Waals surface area contributed by atoms with E-state index in [-0.39, 0.29) is 28.7 Å². The van der Waals surface area contributed by atoms with E-state index in [4.69, 9.17) is 4.74 Å². The van der Waals surface area contributed by atoms with Crippen LogP contribution in [0.2, 0.25) is 0 Å². The topological polar surface area (TPSA) is 97.4 Å². The first-order valence-electron chi connectivity index (χ1n) is 8.89. The highest BCUT2D eigenvalue weighted by Crippen LogP contribution is 2.25. The molecule has 1 aromatic heterocycles. The van der Waals surface area contributed by atoms with Gasteiger partial charge in [0.1, 0.15) is 10.6 Å². The van der Waals surface area contributed by atoms with E-state index >= 15 is 0 Å². The summed E-state index contributed by atoms with van der Waals surface area (Å²) in [5.41, 5.74) is 1.74. The number of benzene rings is 2. The molecule has 3 aromatic rings. The van der Waals surface area contributed by atoms with Crippen molar-refractivity contribution < 1.29 is 17.9 Å². The largest absolute Gasteiger partial charge is 0.495 e. The number of amides is 1. The predicted molar refractivity (Wildman–Crippen MR) is 109 cm³/mol. The molecule has 2 aromatic carbocycles. The van der Waals surface area contributed by atoms with Gasteiger partial charge in [0.05, 0.1) is 19.3 Å². The summed E-state index contributed by atoms with van der Waals surface area (Å²) in [6.07, 6.45) is 1.59. The zero-order valence-corrected chi connectivity index (χ0v) is 16.6. The summed E-state index contributed by atoms with van der Waals surface area (Å²) in [6, 6.07) is 19.0. The van der Waals surface area contributed by atoms with Gasteiger partial charge in [0.15, 0.2) is 0 Å². The molecule has 0 spiro atoms. The van der Waals surface area contributed by atoms with Crippen LogP contribution in [0.4, 0.5) is 0 Å². The maximum atomic E-state index is 12.8. The Morgan fingerprint density at radius 2 is 1.76 bits per heavy atom. The van der Waals surface area contributed by atoms with E-state index in [1.165, 1.54) is 25.3 Å². The number of aromatic nitrogens is 1. The Morgan fingerprint density at radius 3 is 2.45 bits per heavy atom. The molecule has 29 heavy (non-hydrogen) atoms. The van der Waals surface area contributed by atoms with Crippen LogP contribution < -0.4 is 14.8 Å². The summed E-state index contributed by atoms with van der Waals surface area (Å²) in [5.74, 6) is -0.226. The molecule has 0 fully saturated rings. The summed E-state index contributed by atoms with van der Waals surface area (Å²) < 4.78 is 33.2. The molecule has 0 bridgehead atoms. The first kappa shape index (κ1) is 20.5. The number of carbonyl (C=O) groups is 1. The number of carbonyl (C=O) groups excluding carboxylic acids is 1. The van der Waals surface area contributed by atoms with Crippen molar-refractivity contribution >= 4 is 15.9 Å². The van der Waals surface area contributed by atoms with Crippen molar-refractivity contribution in [3.63, 3.8) is 0 Å². The number of nitrogens with one attached hydrogen (secondary N) is 2. The lowest BCUT2D eigenvalue weighted by Gasteiger charge is -2.12. The lowest BCUT2D eigenvalue weighted by atomic mass is 10.2. The van der Waals surface area contributed by atoms with Gasteiger partial charge < -0.3 is 10.1 Å². The molecular formula is C21H21N3O4S. The smallest absolute Gasteiger partial charge is 0.251 e. The fourth-order valence-electron chi connectivity index (χ4n) is 2.66. The molecule has 0 atom stereocenters. The Morgan fingerprint density at radius 1 is 1.00 bits per heavy atom. The van der Waals surface area contributed by atoms with E-state index in [2.05, 4.69) is 15.0 Å².